The van der Waals surface area contributed by atoms with Crippen LogP contribution in [0.4, 0.5) is 0 Å². The van der Waals surface area contributed by atoms with Gasteiger partial charge in [-0.25, -0.2) is 0 Å². The van der Waals surface area contributed by atoms with Crippen LogP contribution in [0.2, 0.25) is 0 Å². The molecule has 0 saturated heterocycles. The molecule has 1 aromatic rings. The number of benzene rings is 1. The Morgan fingerprint density at radius 1 is 1.32 bits per heavy atom. The summed E-state index contributed by atoms with van der Waals surface area (Å²) >= 11 is 0. The fourth-order valence-corrected chi connectivity index (χ4v) is 2.01. The van der Waals surface area contributed by atoms with E-state index in [-0.39, 0.29) is 5.91 Å². The van der Waals surface area contributed by atoms with Gasteiger partial charge in [0.25, 0.3) is 0 Å². The van der Waals surface area contributed by atoms with E-state index < -0.39 is 11.9 Å². The van der Waals surface area contributed by atoms with E-state index in [4.69, 9.17) is 11.5 Å². The molecule has 19 heavy (non-hydrogen) atoms. The molecule has 1 saturated carbocycles. The van der Waals surface area contributed by atoms with Crippen molar-refractivity contribution in [2.75, 3.05) is 0 Å². The van der Waals surface area contributed by atoms with Crippen molar-refractivity contribution >= 4 is 11.8 Å². The monoisotopic (exact) mass is 261 g/mol. The Morgan fingerprint density at radius 3 is 2.32 bits per heavy atom. The lowest BCUT2D eigenvalue weighted by atomic mass is 10.1. The molecule has 0 unspecified atom stereocenters. The van der Waals surface area contributed by atoms with Crippen molar-refractivity contribution in [2.45, 2.75) is 38.4 Å². The van der Waals surface area contributed by atoms with Gasteiger partial charge in [-0.15, -0.1) is 0 Å². The Labute approximate surface area is 112 Å². The van der Waals surface area contributed by atoms with E-state index in [1.807, 2.05) is 17.0 Å². The van der Waals surface area contributed by atoms with Gasteiger partial charge in [0.1, 0.15) is 0 Å². The van der Waals surface area contributed by atoms with Crippen LogP contribution in [0, 0.1) is 0 Å². The smallest absolute Gasteiger partial charge is 0.248 e. The number of hydrogen-bond acceptors (Lipinski definition) is 3. The van der Waals surface area contributed by atoms with Gasteiger partial charge in [0.05, 0.1) is 6.04 Å². The maximum Gasteiger partial charge on any atom is 0.248 e. The SMILES string of the molecule is C[C@@H](N)C(=O)N(Cc1ccc(C(N)=O)cc1)C1CC1. The first-order chi connectivity index (χ1) is 8.99. The highest BCUT2D eigenvalue weighted by atomic mass is 16.2. The molecule has 0 bridgehead atoms. The van der Waals surface area contributed by atoms with E-state index in [1.54, 1.807) is 19.1 Å². The molecule has 5 heteroatoms. The minimum atomic E-state index is -0.481. The first-order valence-corrected chi connectivity index (χ1v) is 6.44. The highest BCUT2D eigenvalue weighted by molar-refractivity contribution is 5.92. The van der Waals surface area contributed by atoms with Crippen LogP contribution < -0.4 is 11.5 Å². The molecule has 5 nitrogen and oxygen atoms in total. The number of primary amides is 1. The molecule has 0 spiro atoms. The van der Waals surface area contributed by atoms with E-state index in [2.05, 4.69) is 0 Å². The van der Waals surface area contributed by atoms with Gasteiger partial charge in [-0.3, -0.25) is 9.59 Å². The highest BCUT2D eigenvalue weighted by Crippen LogP contribution is 2.28. The molecule has 0 heterocycles. The van der Waals surface area contributed by atoms with Crippen LogP contribution >= 0.6 is 0 Å². The average Bonchev–Trinajstić information content (AvgIpc) is 3.19. The molecule has 1 atom stereocenters. The van der Waals surface area contributed by atoms with Crippen LogP contribution in [-0.4, -0.2) is 28.8 Å². The predicted molar refractivity (Wildman–Crippen MR) is 72.2 cm³/mol. The number of nitrogens with zero attached hydrogens (tertiary/aromatic N) is 1. The molecular weight excluding hydrogens is 242 g/mol. The van der Waals surface area contributed by atoms with E-state index in [9.17, 15) is 9.59 Å². The minimum absolute atomic E-state index is 0.0264. The van der Waals surface area contributed by atoms with Crippen molar-refractivity contribution in [3.05, 3.63) is 35.4 Å². The fourth-order valence-electron chi connectivity index (χ4n) is 2.01. The van der Waals surface area contributed by atoms with Gasteiger partial charge in [0.2, 0.25) is 11.8 Å². The maximum atomic E-state index is 12.0. The number of hydrogen-bond donors (Lipinski definition) is 2. The number of rotatable bonds is 5. The van der Waals surface area contributed by atoms with Gasteiger partial charge in [-0.05, 0) is 37.5 Å². The van der Waals surface area contributed by atoms with Crippen LogP contribution in [0.5, 0.6) is 0 Å². The van der Waals surface area contributed by atoms with Crippen molar-refractivity contribution in [2.24, 2.45) is 11.5 Å². The summed E-state index contributed by atoms with van der Waals surface area (Å²) in [5.41, 5.74) is 12.3. The third kappa shape index (κ3) is 3.32. The van der Waals surface area contributed by atoms with E-state index >= 15 is 0 Å². The van der Waals surface area contributed by atoms with Gasteiger partial charge in [0.15, 0.2) is 0 Å². The highest BCUT2D eigenvalue weighted by Gasteiger charge is 2.33. The summed E-state index contributed by atoms with van der Waals surface area (Å²) in [5, 5.41) is 0. The summed E-state index contributed by atoms with van der Waals surface area (Å²) < 4.78 is 0. The lowest BCUT2D eigenvalue weighted by Crippen LogP contribution is -2.42. The molecule has 2 amide bonds. The summed E-state index contributed by atoms with van der Waals surface area (Å²) in [5.74, 6) is -0.473. The molecule has 1 fully saturated rings. The quantitative estimate of drug-likeness (QED) is 0.814. The Bertz CT molecular complexity index is 478. The lowest BCUT2D eigenvalue weighted by molar-refractivity contribution is -0.133. The standard InChI is InChI=1S/C14H19N3O2/c1-9(15)14(19)17(12-6-7-12)8-10-2-4-11(5-3-10)13(16)18/h2-5,9,12H,6-8,15H2,1H3,(H2,16,18)/t9-/m1/s1. The molecule has 0 aromatic heterocycles. The van der Waals surface area contributed by atoms with Crippen molar-refractivity contribution in [1.29, 1.82) is 0 Å². The lowest BCUT2D eigenvalue weighted by Gasteiger charge is -2.24. The second kappa shape index (κ2) is 5.40. The van der Waals surface area contributed by atoms with Crippen molar-refractivity contribution in [1.82, 2.24) is 4.90 Å². The Kier molecular flexibility index (Phi) is 3.85. The second-order valence-electron chi connectivity index (χ2n) is 5.05. The average molecular weight is 261 g/mol. The molecule has 1 aliphatic rings. The van der Waals surface area contributed by atoms with Gasteiger partial charge in [-0.2, -0.15) is 0 Å². The summed E-state index contributed by atoms with van der Waals surface area (Å²) in [7, 11) is 0. The van der Waals surface area contributed by atoms with E-state index in [0.717, 1.165) is 18.4 Å². The number of carbonyl (C=O) groups is 2. The van der Waals surface area contributed by atoms with Crippen LogP contribution in [0.15, 0.2) is 24.3 Å². The number of nitrogens with two attached hydrogens (primary N) is 2. The summed E-state index contributed by atoms with van der Waals surface area (Å²) in [6.45, 7) is 2.23. The van der Waals surface area contributed by atoms with Crippen LogP contribution in [0.3, 0.4) is 0 Å². The predicted octanol–water partition coefficient (Wildman–Crippen LogP) is 0.624. The van der Waals surface area contributed by atoms with Gasteiger partial charge < -0.3 is 16.4 Å². The zero-order valence-corrected chi connectivity index (χ0v) is 11.0. The van der Waals surface area contributed by atoms with Crippen LogP contribution in [0.1, 0.15) is 35.7 Å². The normalized spacial score (nSPS) is 15.9. The summed E-state index contributed by atoms with van der Waals surface area (Å²) in [6.07, 6.45) is 2.08. The molecule has 1 aromatic carbocycles. The summed E-state index contributed by atoms with van der Waals surface area (Å²) in [6, 6.07) is 6.84. The Balaban J connectivity index is 2.09. The molecule has 1 aliphatic carbocycles. The zero-order valence-electron chi connectivity index (χ0n) is 11.0. The fraction of sp³-hybridized carbons (Fsp3) is 0.429. The van der Waals surface area contributed by atoms with E-state index in [1.165, 1.54) is 0 Å². The van der Waals surface area contributed by atoms with Crippen LogP contribution in [-0.2, 0) is 11.3 Å². The van der Waals surface area contributed by atoms with Crippen LogP contribution in [0.25, 0.3) is 0 Å². The molecule has 0 aliphatic heterocycles. The second-order valence-corrected chi connectivity index (χ2v) is 5.05. The topological polar surface area (TPSA) is 89.4 Å². The Hall–Kier alpha value is -1.88. The van der Waals surface area contributed by atoms with Gasteiger partial charge in [0, 0.05) is 18.2 Å². The molecule has 4 N–H and O–H groups in total. The van der Waals surface area contributed by atoms with E-state index in [0.29, 0.717) is 18.2 Å². The summed E-state index contributed by atoms with van der Waals surface area (Å²) in [4.78, 5) is 24.8. The molecular formula is C14H19N3O2. The third-order valence-corrected chi connectivity index (χ3v) is 3.25. The van der Waals surface area contributed by atoms with Gasteiger partial charge >= 0.3 is 0 Å². The van der Waals surface area contributed by atoms with Gasteiger partial charge in [-0.1, -0.05) is 12.1 Å². The Morgan fingerprint density at radius 2 is 1.89 bits per heavy atom. The zero-order chi connectivity index (χ0) is 14.0. The van der Waals surface area contributed by atoms with Crippen molar-refractivity contribution in [3.8, 4) is 0 Å². The largest absolute Gasteiger partial charge is 0.366 e. The third-order valence-electron chi connectivity index (χ3n) is 3.25. The first-order valence-electron chi connectivity index (χ1n) is 6.44. The van der Waals surface area contributed by atoms with Crippen molar-refractivity contribution < 1.29 is 9.59 Å². The maximum absolute atomic E-state index is 12.0. The molecule has 2 rings (SSSR count). The number of carbonyl (C=O) groups excluding carboxylic acids is 2. The first kappa shape index (κ1) is 13.5. The van der Waals surface area contributed by atoms with Crippen molar-refractivity contribution in [3.63, 3.8) is 0 Å². The number of amides is 2. The molecule has 0 radical (unpaired) electrons. The minimum Gasteiger partial charge on any atom is -0.366 e. The molecule has 102 valence electrons.